The van der Waals surface area contributed by atoms with Gasteiger partial charge in [0.15, 0.2) is 0 Å². The third-order valence-corrected chi connectivity index (χ3v) is 4.05. The van der Waals surface area contributed by atoms with Crippen LogP contribution in [0.1, 0.15) is 24.5 Å². The fourth-order valence-corrected chi connectivity index (χ4v) is 2.53. The van der Waals surface area contributed by atoms with Crippen LogP contribution in [0.2, 0.25) is 0 Å². The lowest BCUT2D eigenvalue weighted by Gasteiger charge is -2.13. The van der Waals surface area contributed by atoms with E-state index in [-0.39, 0.29) is 5.91 Å². The minimum atomic E-state index is 0.0567. The number of hydrogen-bond acceptors (Lipinski definition) is 3. The van der Waals surface area contributed by atoms with Gasteiger partial charge in [-0.05, 0) is 37.9 Å². The molecule has 0 spiro atoms. The van der Waals surface area contributed by atoms with Gasteiger partial charge in [-0.25, -0.2) is 0 Å². The topological polar surface area (TPSA) is 55.1 Å². The molecule has 1 aromatic carbocycles. The zero-order chi connectivity index (χ0) is 13.5. The van der Waals surface area contributed by atoms with Crippen LogP contribution in [0, 0.1) is 13.8 Å². The summed E-state index contributed by atoms with van der Waals surface area (Å²) in [5.74, 6) is 0.538. The van der Waals surface area contributed by atoms with E-state index in [9.17, 15) is 4.79 Å². The maximum atomic E-state index is 11.9. The summed E-state index contributed by atoms with van der Waals surface area (Å²) in [6.07, 6.45) is 0.946. The molecule has 1 unspecified atom stereocenters. The average Bonchev–Trinajstić information content (AvgIpc) is 2.32. The smallest absolute Gasteiger partial charge is 0.234 e. The molecule has 0 saturated heterocycles. The number of rotatable bonds is 6. The van der Waals surface area contributed by atoms with Gasteiger partial charge in [-0.2, -0.15) is 0 Å². The highest BCUT2D eigenvalue weighted by Gasteiger charge is 2.09. The normalized spacial score (nSPS) is 12.2. The highest BCUT2D eigenvalue weighted by Crippen LogP contribution is 2.20. The van der Waals surface area contributed by atoms with E-state index in [0.717, 1.165) is 23.2 Å². The first-order valence-electron chi connectivity index (χ1n) is 6.22. The first-order valence-corrected chi connectivity index (χ1v) is 7.27. The molecule has 0 heterocycles. The van der Waals surface area contributed by atoms with Gasteiger partial charge in [0.2, 0.25) is 5.91 Å². The molecule has 100 valence electrons. The molecule has 0 aliphatic heterocycles. The molecule has 0 aliphatic carbocycles. The van der Waals surface area contributed by atoms with Gasteiger partial charge in [0.1, 0.15) is 0 Å². The maximum absolute atomic E-state index is 11.9. The summed E-state index contributed by atoms with van der Waals surface area (Å²) in [4.78, 5) is 11.9. The summed E-state index contributed by atoms with van der Waals surface area (Å²) in [6, 6.07) is 6.01. The van der Waals surface area contributed by atoms with Gasteiger partial charge in [0.25, 0.3) is 0 Å². The van der Waals surface area contributed by atoms with Gasteiger partial charge in [-0.3, -0.25) is 4.79 Å². The molecule has 1 aromatic rings. The van der Waals surface area contributed by atoms with Crippen LogP contribution in [0.25, 0.3) is 0 Å². The van der Waals surface area contributed by atoms with Crippen LogP contribution in [-0.4, -0.2) is 23.5 Å². The second-order valence-corrected chi connectivity index (χ2v) is 5.94. The third-order valence-electron chi connectivity index (χ3n) is 2.82. The number of hydrogen-bond donors (Lipinski definition) is 2. The fourth-order valence-electron chi connectivity index (χ4n) is 1.72. The summed E-state index contributed by atoms with van der Waals surface area (Å²) < 4.78 is 0. The number of aryl methyl sites for hydroxylation is 2. The molecular weight excluding hydrogens is 244 g/mol. The van der Waals surface area contributed by atoms with E-state index < -0.39 is 0 Å². The van der Waals surface area contributed by atoms with Crippen LogP contribution >= 0.6 is 11.8 Å². The van der Waals surface area contributed by atoms with Gasteiger partial charge in [-0.15, -0.1) is 11.8 Å². The molecule has 1 rings (SSSR count). The number of thioether (sulfide) groups is 1. The third kappa shape index (κ3) is 4.70. The number of nitrogens with two attached hydrogens (primary N) is 1. The molecule has 0 radical (unpaired) electrons. The minimum absolute atomic E-state index is 0.0567. The van der Waals surface area contributed by atoms with Crippen LogP contribution in [-0.2, 0) is 4.79 Å². The summed E-state index contributed by atoms with van der Waals surface area (Å²) in [5.41, 5.74) is 8.63. The summed E-state index contributed by atoms with van der Waals surface area (Å²) in [5, 5.41) is 3.41. The number of para-hydroxylation sites is 1. The Kier molecular flexibility index (Phi) is 6.22. The SMILES string of the molecule is Cc1cccc(C)c1NC(=O)CSC(C)CCN. The van der Waals surface area contributed by atoms with Crippen molar-refractivity contribution in [1.29, 1.82) is 0 Å². The van der Waals surface area contributed by atoms with Gasteiger partial charge < -0.3 is 11.1 Å². The Hall–Kier alpha value is -1.000. The fraction of sp³-hybridized carbons (Fsp3) is 0.500. The number of anilines is 1. The van der Waals surface area contributed by atoms with E-state index >= 15 is 0 Å². The molecule has 18 heavy (non-hydrogen) atoms. The van der Waals surface area contributed by atoms with Crippen molar-refractivity contribution < 1.29 is 4.79 Å². The Morgan fingerprint density at radius 1 is 1.39 bits per heavy atom. The number of carbonyl (C=O) groups is 1. The van der Waals surface area contributed by atoms with Crippen LogP contribution in [0.5, 0.6) is 0 Å². The lowest BCUT2D eigenvalue weighted by atomic mass is 10.1. The molecule has 0 fully saturated rings. The predicted molar refractivity (Wildman–Crippen MR) is 80.1 cm³/mol. The van der Waals surface area contributed by atoms with Crippen LogP contribution in [0.3, 0.4) is 0 Å². The Morgan fingerprint density at radius 3 is 2.56 bits per heavy atom. The summed E-state index contributed by atoms with van der Waals surface area (Å²) >= 11 is 1.65. The van der Waals surface area contributed by atoms with Crippen molar-refractivity contribution in [2.75, 3.05) is 17.6 Å². The predicted octanol–water partition coefficient (Wildman–Crippen LogP) is 2.71. The summed E-state index contributed by atoms with van der Waals surface area (Å²) in [7, 11) is 0. The molecule has 0 aromatic heterocycles. The zero-order valence-electron chi connectivity index (χ0n) is 11.3. The van der Waals surface area contributed by atoms with Crippen molar-refractivity contribution >= 4 is 23.4 Å². The second kappa shape index (κ2) is 7.44. The minimum Gasteiger partial charge on any atom is -0.330 e. The van der Waals surface area contributed by atoms with Gasteiger partial charge in [-0.1, -0.05) is 25.1 Å². The van der Waals surface area contributed by atoms with Crippen LogP contribution < -0.4 is 11.1 Å². The highest BCUT2D eigenvalue weighted by atomic mass is 32.2. The Labute approximate surface area is 114 Å². The van der Waals surface area contributed by atoms with Crippen molar-refractivity contribution in [3.63, 3.8) is 0 Å². The van der Waals surface area contributed by atoms with Crippen LogP contribution in [0.15, 0.2) is 18.2 Å². The molecule has 0 saturated carbocycles. The first kappa shape index (κ1) is 15.1. The van der Waals surface area contributed by atoms with E-state index in [1.807, 2.05) is 32.0 Å². The molecule has 3 N–H and O–H groups in total. The maximum Gasteiger partial charge on any atom is 0.234 e. The van der Waals surface area contributed by atoms with Gasteiger partial charge >= 0.3 is 0 Å². The van der Waals surface area contributed by atoms with E-state index in [0.29, 0.717) is 17.5 Å². The van der Waals surface area contributed by atoms with Crippen molar-refractivity contribution in [3.05, 3.63) is 29.3 Å². The van der Waals surface area contributed by atoms with Crippen molar-refractivity contribution in [1.82, 2.24) is 0 Å². The molecule has 1 amide bonds. The molecule has 1 atom stereocenters. The Balaban J connectivity index is 2.50. The van der Waals surface area contributed by atoms with Crippen molar-refractivity contribution in [2.45, 2.75) is 32.4 Å². The summed E-state index contributed by atoms with van der Waals surface area (Å²) in [6.45, 7) is 6.79. The molecule has 4 heteroatoms. The number of carbonyl (C=O) groups excluding carboxylic acids is 1. The lowest BCUT2D eigenvalue weighted by molar-refractivity contribution is -0.113. The molecule has 3 nitrogen and oxygen atoms in total. The number of nitrogens with one attached hydrogen (secondary N) is 1. The molecule has 0 bridgehead atoms. The standard InChI is InChI=1S/C14H22N2OS/c1-10-5-4-6-11(2)14(10)16-13(17)9-18-12(3)7-8-15/h4-6,12H,7-9,15H2,1-3H3,(H,16,17). The quantitative estimate of drug-likeness (QED) is 0.832. The van der Waals surface area contributed by atoms with E-state index in [2.05, 4.69) is 12.2 Å². The van der Waals surface area contributed by atoms with E-state index in [1.54, 1.807) is 11.8 Å². The average molecular weight is 266 g/mol. The Morgan fingerprint density at radius 2 is 2.00 bits per heavy atom. The van der Waals surface area contributed by atoms with Gasteiger partial charge in [0, 0.05) is 10.9 Å². The number of amides is 1. The lowest BCUT2D eigenvalue weighted by Crippen LogP contribution is -2.18. The van der Waals surface area contributed by atoms with E-state index in [1.165, 1.54) is 0 Å². The van der Waals surface area contributed by atoms with Crippen molar-refractivity contribution in [3.8, 4) is 0 Å². The zero-order valence-corrected chi connectivity index (χ0v) is 12.1. The molecule has 0 aliphatic rings. The Bertz CT molecular complexity index is 387. The first-order chi connectivity index (χ1) is 8.54. The largest absolute Gasteiger partial charge is 0.330 e. The van der Waals surface area contributed by atoms with Crippen LogP contribution in [0.4, 0.5) is 5.69 Å². The van der Waals surface area contributed by atoms with E-state index in [4.69, 9.17) is 5.73 Å². The molecular formula is C14H22N2OS. The number of benzene rings is 1. The highest BCUT2D eigenvalue weighted by molar-refractivity contribution is 8.00. The van der Waals surface area contributed by atoms with Gasteiger partial charge in [0.05, 0.1) is 5.75 Å². The monoisotopic (exact) mass is 266 g/mol. The van der Waals surface area contributed by atoms with Crippen molar-refractivity contribution in [2.24, 2.45) is 5.73 Å². The second-order valence-electron chi connectivity index (χ2n) is 4.51.